The monoisotopic (exact) mass is 329 g/mol. The van der Waals surface area contributed by atoms with E-state index >= 15 is 0 Å². The number of rotatable bonds is 12. The number of hydrogen-bond donors (Lipinski definition) is 1. The zero-order chi connectivity index (χ0) is 17.0. The van der Waals surface area contributed by atoms with E-state index in [-0.39, 0.29) is 0 Å². The van der Waals surface area contributed by atoms with Crippen LogP contribution in [0, 0.1) is 0 Å². The van der Waals surface area contributed by atoms with Crippen LogP contribution in [0.15, 0.2) is 30.5 Å². The lowest BCUT2D eigenvalue weighted by molar-refractivity contribution is 0.282. The summed E-state index contributed by atoms with van der Waals surface area (Å²) in [7, 11) is 1.70. The third-order valence-electron chi connectivity index (χ3n) is 4.65. The highest BCUT2D eigenvalue weighted by atomic mass is 16.5. The summed E-state index contributed by atoms with van der Waals surface area (Å²) in [5.74, 6) is 0.857. The molecule has 2 aromatic rings. The molecule has 0 fully saturated rings. The number of benzene rings is 1. The van der Waals surface area contributed by atoms with E-state index in [1.54, 1.807) is 7.11 Å². The van der Waals surface area contributed by atoms with E-state index in [0.717, 1.165) is 24.1 Å². The second-order valence-electron chi connectivity index (χ2n) is 6.48. The van der Waals surface area contributed by atoms with Gasteiger partial charge in [-0.05, 0) is 37.0 Å². The van der Waals surface area contributed by atoms with E-state index in [0.29, 0.717) is 6.61 Å². The van der Waals surface area contributed by atoms with Gasteiger partial charge in [0.1, 0.15) is 11.3 Å². The van der Waals surface area contributed by atoms with Crippen LogP contribution < -0.4 is 4.74 Å². The Labute approximate surface area is 146 Å². The fourth-order valence-electron chi connectivity index (χ4n) is 3.25. The number of hydrogen-bond acceptors (Lipinski definition) is 3. The Morgan fingerprint density at radius 3 is 2.21 bits per heavy atom. The Balaban J connectivity index is 1.69. The number of aryl methyl sites for hydroxylation is 1. The first-order chi connectivity index (χ1) is 11.9. The van der Waals surface area contributed by atoms with Gasteiger partial charge in [0.25, 0.3) is 0 Å². The average Bonchev–Trinajstić information content (AvgIpc) is 2.62. The van der Waals surface area contributed by atoms with Crippen LogP contribution in [0.4, 0.5) is 0 Å². The van der Waals surface area contributed by atoms with Crippen LogP contribution in [0.1, 0.15) is 63.4 Å². The van der Waals surface area contributed by atoms with E-state index in [2.05, 4.69) is 17.1 Å². The van der Waals surface area contributed by atoms with Gasteiger partial charge in [-0.2, -0.15) is 0 Å². The summed E-state index contributed by atoms with van der Waals surface area (Å²) in [6, 6.07) is 8.30. The van der Waals surface area contributed by atoms with Crippen LogP contribution in [0.5, 0.6) is 5.75 Å². The molecule has 3 nitrogen and oxygen atoms in total. The van der Waals surface area contributed by atoms with E-state index in [1.165, 1.54) is 62.3 Å². The van der Waals surface area contributed by atoms with Crippen molar-refractivity contribution in [2.75, 3.05) is 13.7 Å². The standard InChI is InChI=1S/C21H31NO2/c1-24-20-14-11-13-19-18(15-16-22-21(19)20)12-9-7-5-3-2-4-6-8-10-17-23/h11,13-16,23H,2-10,12,17H2,1H3. The molecule has 0 bridgehead atoms. The Morgan fingerprint density at radius 2 is 1.54 bits per heavy atom. The minimum atomic E-state index is 0.343. The molecule has 0 aliphatic rings. The Bertz CT molecular complexity index is 597. The molecule has 0 saturated carbocycles. The summed E-state index contributed by atoms with van der Waals surface area (Å²) in [5.41, 5.74) is 2.35. The molecule has 3 heteroatoms. The highest BCUT2D eigenvalue weighted by molar-refractivity contribution is 5.87. The van der Waals surface area contributed by atoms with Crippen molar-refractivity contribution < 1.29 is 9.84 Å². The van der Waals surface area contributed by atoms with Gasteiger partial charge in [0.2, 0.25) is 0 Å². The van der Waals surface area contributed by atoms with E-state index in [4.69, 9.17) is 9.84 Å². The Morgan fingerprint density at radius 1 is 0.875 bits per heavy atom. The molecular weight excluding hydrogens is 298 g/mol. The third-order valence-corrected chi connectivity index (χ3v) is 4.65. The van der Waals surface area contributed by atoms with Crippen molar-refractivity contribution in [1.29, 1.82) is 0 Å². The normalized spacial score (nSPS) is 11.1. The van der Waals surface area contributed by atoms with Gasteiger partial charge in [0, 0.05) is 18.2 Å². The third kappa shape index (κ3) is 5.79. The molecule has 0 radical (unpaired) electrons. The lowest BCUT2D eigenvalue weighted by Crippen LogP contribution is -1.93. The van der Waals surface area contributed by atoms with Gasteiger partial charge in [0.15, 0.2) is 0 Å². The van der Waals surface area contributed by atoms with Gasteiger partial charge in [-0.1, -0.05) is 57.1 Å². The number of pyridine rings is 1. The van der Waals surface area contributed by atoms with Crippen molar-refractivity contribution in [3.05, 3.63) is 36.0 Å². The minimum absolute atomic E-state index is 0.343. The fourth-order valence-corrected chi connectivity index (χ4v) is 3.25. The molecule has 0 aliphatic carbocycles. The first-order valence-electron chi connectivity index (χ1n) is 9.38. The molecule has 1 aromatic heterocycles. The molecule has 2 rings (SSSR count). The van der Waals surface area contributed by atoms with E-state index < -0.39 is 0 Å². The molecule has 1 heterocycles. The molecule has 1 aromatic carbocycles. The van der Waals surface area contributed by atoms with E-state index in [1.807, 2.05) is 18.3 Å². The number of aromatic nitrogens is 1. The molecule has 1 N–H and O–H groups in total. The summed E-state index contributed by atoms with van der Waals surface area (Å²) < 4.78 is 5.41. The largest absolute Gasteiger partial charge is 0.494 e. The highest BCUT2D eigenvalue weighted by Crippen LogP contribution is 2.26. The van der Waals surface area contributed by atoms with Crippen LogP contribution in [0.3, 0.4) is 0 Å². The summed E-state index contributed by atoms with van der Waals surface area (Å²) >= 11 is 0. The molecule has 0 aliphatic heterocycles. The van der Waals surface area contributed by atoms with Crippen LogP contribution in [-0.2, 0) is 6.42 Å². The Hall–Kier alpha value is -1.61. The number of aliphatic hydroxyl groups is 1. The summed E-state index contributed by atoms with van der Waals surface area (Å²) in [5, 5.41) is 9.97. The number of ether oxygens (including phenoxy) is 1. The van der Waals surface area contributed by atoms with Crippen LogP contribution in [-0.4, -0.2) is 23.8 Å². The zero-order valence-electron chi connectivity index (χ0n) is 15.0. The first kappa shape index (κ1) is 18.7. The average molecular weight is 329 g/mol. The zero-order valence-corrected chi connectivity index (χ0v) is 15.0. The van der Waals surface area contributed by atoms with Gasteiger partial charge in [0.05, 0.1) is 7.11 Å². The minimum Gasteiger partial charge on any atom is -0.494 e. The van der Waals surface area contributed by atoms with Crippen LogP contribution >= 0.6 is 0 Å². The van der Waals surface area contributed by atoms with Crippen molar-refractivity contribution in [2.24, 2.45) is 0 Å². The molecule has 132 valence electrons. The number of unbranched alkanes of at least 4 members (excludes halogenated alkanes) is 8. The van der Waals surface area contributed by atoms with Gasteiger partial charge < -0.3 is 9.84 Å². The SMILES string of the molecule is COc1cccc2c(CCCCCCCCCCCO)ccnc12. The van der Waals surface area contributed by atoms with Gasteiger partial charge in [-0.3, -0.25) is 4.98 Å². The lowest BCUT2D eigenvalue weighted by atomic mass is 10.0. The maximum Gasteiger partial charge on any atom is 0.145 e. The molecule has 0 saturated heterocycles. The number of methoxy groups -OCH3 is 1. The van der Waals surface area contributed by atoms with Crippen molar-refractivity contribution in [3.8, 4) is 5.75 Å². The van der Waals surface area contributed by atoms with Crippen molar-refractivity contribution in [3.63, 3.8) is 0 Å². The number of fused-ring (bicyclic) bond motifs is 1. The van der Waals surface area contributed by atoms with Crippen molar-refractivity contribution in [2.45, 2.75) is 64.2 Å². The summed E-state index contributed by atoms with van der Waals surface area (Å²) in [4.78, 5) is 4.47. The molecule has 24 heavy (non-hydrogen) atoms. The number of nitrogens with zero attached hydrogens (tertiary/aromatic N) is 1. The van der Waals surface area contributed by atoms with Gasteiger partial charge in [-0.25, -0.2) is 0 Å². The summed E-state index contributed by atoms with van der Waals surface area (Å²) in [6.07, 6.45) is 14.3. The van der Waals surface area contributed by atoms with Crippen molar-refractivity contribution >= 4 is 10.9 Å². The summed E-state index contributed by atoms with van der Waals surface area (Å²) in [6.45, 7) is 0.343. The predicted octanol–water partition coefficient (Wildman–Crippen LogP) is 5.29. The number of aliphatic hydroxyl groups excluding tert-OH is 1. The first-order valence-corrected chi connectivity index (χ1v) is 9.38. The molecule has 0 atom stereocenters. The molecular formula is C21H31NO2. The predicted molar refractivity (Wildman–Crippen MR) is 101 cm³/mol. The van der Waals surface area contributed by atoms with Crippen molar-refractivity contribution in [1.82, 2.24) is 4.98 Å². The number of para-hydroxylation sites is 1. The van der Waals surface area contributed by atoms with Crippen LogP contribution in [0.2, 0.25) is 0 Å². The topological polar surface area (TPSA) is 42.4 Å². The van der Waals surface area contributed by atoms with Gasteiger partial charge in [-0.15, -0.1) is 0 Å². The fraction of sp³-hybridized carbons (Fsp3) is 0.571. The molecule has 0 spiro atoms. The van der Waals surface area contributed by atoms with Gasteiger partial charge >= 0.3 is 0 Å². The lowest BCUT2D eigenvalue weighted by Gasteiger charge is -2.09. The molecule has 0 unspecified atom stereocenters. The maximum absolute atomic E-state index is 8.74. The second-order valence-corrected chi connectivity index (χ2v) is 6.48. The smallest absolute Gasteiger partial charge is 0.145 e. The maximum atomic E-state index is 8.74. The Kier molecular flexibility index (Phi) is 8.61. The second kappa shape index (κ2) is 11.0. The van der Waals surface area contributed by atoms with Crippen LogP contribution in [0.25, 0.3) is 10.9 Å². The molecule has 0 amide bonds. The van der Waals surface area contributed by atoms with E-state index in [9.17, 15) is 0 Å². The highest BCUT2D eigenvalue weighted by Gasteiger charge is 2.06. The quantitative estimate of drug-likeness (QED) is 0.538.